The molecule has 0 aliphatic carbocycles. The highest BCUT2D eigenvalue weighted by molar-refractivity contribution is 7.89. The highest BCUT2D eigenvalue weighted by Gasteiger charge is 2.17. The van der Waals surface area contributed by atoms with Crippen LogP contribution in [0.3, 0.4) is 0 Å². The van der Waals surface area contributed by atoms with Crippen molar-refractivity contribution in [2.75, 3.05) is 19.4 Å². The lowest BCUT2D eigenvalue weighted by atomic mass is 10.2. The van der Waals surface area contributed by atoms with E-state index in [9.17, 15) is 8.42 Å². The van der Waals surface area contributed by atoms with E-state index >= 15 is 0 Å². The molecule has 0 amide bonds. The quantitative estimate of drug-likeness (QED) is 0.780. The Morgan fingerprint density at radius 3 is 2.67 bits per heavy atom. The SMILES string of the molecule is CN(Cc1cccc(Cl)c1)S(=O)(=O)CCCCO. The summed E-state index contributed by atoms with van der Waals surface area (Å²) in [5.41, 5.74) is 0.857. The molecule has 102 valence electrons. The molecule has 6 heteroatoms. The first-order valence-corrected chi connectivity index (χ1v) is 7.74. The van der Waals surface area contributed by atoms with Gasteiger partial charge in [-0.3, -0.25) is 0 Å². The van der Waals surface area contributed by atoms with E-state index in [-0.39, 0.29) is 12.4 Å². The number of hydrogen-bond donors (Lipinski definition) is 1. The van der Waals surface area contributed by atoms with Gasteiger partial charge >= 0.3 is 0 Å². The molecule has 0 spiro atoms. The maximum absolute atomic E-state index is 11.9. The predicted molar refractivity (Wildman–Crippen MR) is 73.0 cm³/mol. The lowest BCUT2D eigenvalue weighted by Crippen LogP contribution is -2.28. The number of hydrogen-bond acceptors (Lipinski definition) is 3. The first-order valence-electron chi connectivity index (χ1n) is 5.75. The Hall–Kier alpha value is -0.620. The summed E-state index contributed by atoms with van der Waals surface area (Å²) in [6, 6.07) is 7.14. The predicted octanol–water partition coefficient (Wildman–Crippen LogP) is 1.87. The second-order valence-electron chi connectivity index (χ2n) is 4.13. The Kier molecular flexibility index (Phi) is 6.08. The van der Waals surface area contributed by atoms with Gasteiger partial charge in [0.15, 0.2) is 0 Å². The topological polar surface area (TPSA) is 57.6 Å². The zero-order valence-corrected chi connectivity index (χ0v) is 11.9. The number of aliphatic hydroxyl groups is 1. The number of halogens is 1. The van der Waals surface area contributed by atoms with Gasteiger partial charge in [-0.25, -0.2) is 12.7 Å². The van der Waals surface area contributed by atoms with Crippen LogP contribution in [0.25, 0.3) is 0 Å². The van der Waals surface area contributed by atoms with Crippen LogP contribution in [0.15, 0.2) is 24.3 Å². The molecule has 1 N–H and O–H groups in total. The lowest BCUT2D eigenvalue weighted by molar-refractivity contribution is 0.287. The van der Waals surface area contributed by atoms with E-state index in [1.165, 1.54) is 4.31 Å². The second kappa shape index (κ2) is 7.09. The van der Waals surface area contributed by atoms with Gasteiger partial charge in [0.2, 0.25) is 10.0 Å². The number of nitrogens with zero attached hydrogens (tertiary/aromatic N) is 1. The van der Waals surface area contributed by atoms with E-state index in [0.717, 1.165) is 5.56 Å². The number of unbranched alkanes of at least 4 members (excludes halogenated alkanes) is 1. The van der Waals surface area contributed by atoms with Crippen LogP contribution in [0.2, 0.25) is 5.02 Å². The maximum atomic E-state index is 11.9. The first-order chi connectivity index (χ1) is 8.45. The molecule has 0 aliphatic heterocycles. The number of aliphatic hydroxyl groups excluding tert-OH is 1. The molecule has 0 fully saturated rings. The van der Waals surface area contributed by atoms with Crippen LogP contribution in [0.5, 0.6) is 0 Å². The summed E-state index contributed by atoms with van der Waals surface area (Å²) in [7, 11) is -1.71. The average Bonchev–Trinajstić information content (AvgIpc) is 2.29. The summed E-state index contributed by atoms with van der Waals surface area (Å²) >= 11 is 5.85. The molecule has 0 aliphatic rings. The van der Waals surface area contributed by atoms with E-state index in [0.29, 0.717) is 24.4 Å². The molecule has 0 unspecified atom stereocenters. The van der Waals surface area contributed by atoms with E-state index in [2.05, 4.69) is 0 Å². The van der Waals surface area contributed by atoms with E-state index in [1.54, 1.807) is 25.2 Å². The molecule has 0 atom stereocenters. The molecule has 18 heavy (non-hydrogen) atoms. The number of sulfonamides is 1. The van der Waals surface area contributed by atoms with Crippen molar-refractivity contribution in [3.63, 3.8) is 0 Å². The van der Waals surface area contributed by atoms with Gasteiger partial charge in [0, 0.05) is 25.2 Å². The summed E-state index contributed by atoms with van der Waals surface area (Å²) in [5, 5.41) is 9.24. The van der Waals surface area contributed by atoms with Crippen LogP contribution in [-0.4, -0.2) is 37.2 Å². The Labute approximate surface area is 113 Å². The minimum Gasteiger partial charge on any atom is -0.396 e. The fourth-order valence-electron chi connectivity index (χ4n) is 1.54. The van der Waals surface area contributed by atoms with Crippen molar-refractivity contribution in [3.8, 4) is 0 Å². The number of benzene rings is 1. The molecule has 0 radical (unpaired) electrons. The molecule has 4 nitrogen and oxygen atoms in total. The van der Waals surface area contributed by atoms with Gasteiger partial charge < -0.3 is 5.11 Å². The molecule has 0 saturated heterocycles. The molecular formula is C12H18ClNO3S. The van der Waals surface area contributed by atoms with Crippen molar-refractivity contribution >= 4 is 21.6 Å². The second-order valence-corrected chi connectivity index (χ2v) is 6.76. The van der Waals surface area contributed by atoms with Gasteiger partial charge in [0.1, 0.15) is 0 Å². The summed E-state index contributed by atoms with van der Waals surface area (Å²) in [5.74, 6) is 0.0601. The molecule has 0 saturated carbocycles. The third-order valence-electron chi connectivity index (χ3n) is 2.58. The van der Waals surface area contributed by atoms with Crippen LogP contribution in [-0.2, 0) is 16.6 Å². The van der Waals surface area contributed by atoms with Crippen molar-refractivity contribution in [2.45, 2.75) is 19.4 Å². The Morgan fingerprint density at radius 2 is 2.06 bits per heavy atom. The molecular weight excluding hydrogens is 274 g/mol. The minimum absolute atomic E-state index is 0.0214. The van der Waals surface area contributed by atoms with Gasteiger partial charge in [0.25, 0.3) is 0 Å². The normalized spacial score (nSPS) is 12.0. The van der Waals surface area contributed by atoms with Gasteiger partial charge in [-0.05, 0) is 30.5 Å². The summed E-state index contributed by atoms with van der Waals surface area (Å²) < 4.78 is 25.1. The van der Waals surface area contributed by atoms with Crippen molar-refractivity contribution in [3.05, 3.63) is 34.9 Å². The third kappa shape index (κ3) is 4.94. The Balaban J connectivity index is 2.61. The first kappa shape index (κ1) is 15.4. The lowest BCUT2D eigenvalue weighted by Gasteiger charge is -2.17. The standard InChI is InChI=1S/C12H18ClNO3S/c1-14(18(16,17)8-3-2-7-15)10-11-5-4-6-12(13)9-11/h4-6,9,15H,2-3,7-8,10H2,1H3. The fraction of sp³-hybridized carbons (Fsp3) is 0.500. The van der Waals surface area contributed by atoms with Gasteiger partial charge in [-0.15, -0.1) is 0 Å². The van der Waals surface area contributed by atoms with Crippen LogP contribution in [0, 0.1) is 0 Å². The van der Waals surface area contributed by atoms with E-state index in [1.807, 2.05) is 6.07 Å². The fourth-order valence-corrected chi connectivity index (χ4v) is 2.98. The zero-order chi connectivity index (χ0) is 13.6. The van der Waals surface area contributed by atoms with E-state index in [4.69, 9.17) is 16.7 Å². The molecule has 0 heterocycles. The van der Waals surface area contributed by atoms with Crippen molar-refractivity contribution in [1.82, 2.24) is 4.31 Å². The monoisotopic (exact) mass is 291 g/mol. The van der Waals surface area contributed by atoms with Crippen LogP contribution in [0.1, 0.15) is 18.4 Å². The van der Waals surface area contributed by atoms with Gasteiger partial charge in [-0.1, -0.05) is 23.7 Å². The van der Waals surface area contributed by atoms with Gasteiger partial charge in [0.05, 0.1) is 5.75 Å². The third-order valence-corrected chi connectivity index (χ3v) is 4.70. The van der Waals surface area contributed by atoms with Crippen LogP contribution >= 0.6 is 11.6 Å². The largest absolute Gasteiger partial charge is 0.396 e. The van der Waals surface area contributed by atoms with Gasteiger partial charge in [-0.2, -0.15) is 0 Å². The maximum Gasteiger partial charge on any atom is 0.214 e. The summed E-state index contributed by atoms with van der Waals surface area (Å²) in [6.07, 6.45) is 0.975. The van der Waals surface area contributed by atoms with Crippen molar-refractivity contribution < 1.29 is 13.5 Å². The Morgan fingerprint density at radius 1 is 1.33 bits per heavy atom. The highest BCUT2D eigenvalue weighted by atomic mass is 35.5. The molecule has 0 aromatic heterocycles. The molecule has 1 rings (SSSR count). The average molecular weight is 292 g/mol. The van der Waals surface area contributed by atoms with Crippen LogP contribution < -0.4 is 0 Å². The van der Waals surface area contributed by atoms with Crippen molar-refractivity contribution in [2.24, 2.45) is 0 Å². The molecule has 1 aromatic rings. The van der Waals surface area contributed by atoms with Crippen molar-refractivity contribution in [1.29, 1.82) is 0 Å². The zero-order valence-electron chi connectivity index (χ0n) is 10.3. The molecule has 1 aromatic carbocycles. The Bertz CT molecular complexity index is 476. The number of rotatable bonds is 7. The van der Waals surface area contributed by atoms with Crippen LogP contribution in [0.4, 0.5) is 0 Å². The highest BCUT2D eigenvalue weighted by Crippen LogP contribution is 2.14. The smallest absolute Gasteiger partial charge is 0.214 e. The summed E-state index contributed by atoms with van der Waals surface area (Å²) in [4.78, 5) is 0. The minimum atomic E-state index is -3.26. The molecule has 0 bridgehead atoms. The summed E-state index contributed by atoms with van der Waals surface area (Å²) in [6.45, 7) is 0.329. The van der Waals surface area contributed by atoms with E-state index < -0.39 is 10.0 Å².